The molecule has 0 aromatic heterocycles. The minimum atomic E-state index is -0.449. The standard InChI is InChI=1S/C29H42N4O6/c1-30-25-10-5-4-9-24(25)29(38)22-12-14-23(15-13-22)33-28(37)21-27(36)32-17-20-39-19-8-11-26(35)31-16-6-2-3-7-18-34/h12-15,18,30H,2-11,16-17,19-21H2,1H3,(H,31,35)(H,32,36)(H,33,37). The number of carbonyl (C=O) groups excluding carboxylic acids is 5. The largest absolute Gasteiger partial charge is 0.391 e. The number of amides is 3. The highest BCUT2D eigenvalue weighted by atomic mass is 16.5. The van der Waals surface area contributed by atoms with E-state index >= 15 is 0 Å². The smallest absolute Gasteiger partial charge is 0.233 e. The number of Topliss-reactive ketones (excluding diaryl/α,β-unsaturated/α-hetero) is 1. The zero-order valence-electron chi connectivity index (χ0n) is 22.9. The molecule has 1 aliphatic rings. The van der Waals surface area contributed by atoms with Crippen LogP contribution in [0, 0.1) is 0 Å². The second kappa shape index (κ2) is 18.7. The van der Waals surface area contributed by atoms with Crippen molar-refractivity contribution < 1.29 is 28.7 Å². The lowest BCUT2D eigenvalue weighted by molar-refractivity contribution is -0.127. The monoisotopic (exact) mass is 542 g/mol. The minimum absolute atomic E-state index is 0.000350. The lowest BCUT2D eigenvalue weighted by Crippen LogP contribution is -2.31. The minimum Gasteiger partial charge on any atom is -0.391 e. The summed E-state index contributed by atoms with van der Waals surface area (Å²) in [5.41, 5.74) is 2.90. The Bertz CT molecular complexity index is 990. The molecule has 0 aliphatic heterocycles. The van der Waals surface area contributed by atoms with E-state index in [1.54, 1.807) is 24.3 Å². The summed E-state index contributed by atoms with van der Waals surface area (Å²) in [5.74, 6) is -0.895. The van der Waals surface area contributed by atoms with Gasteiger partial charge in [0, 0.05) is 62.1 Å². The fraction of sp³-hybridized carbons (Fsp3) is 0.552. The first-order valence-corrected chi connectivity index (χ1v) is 13.8. The van der Waals surface area contributed by atoms with Crippen molar-refractivity contribution >= 4 is 35.5 Å². The molecule has 4 N–H and O–H groups in total. The van der Waals surface area contributed by atoms with E-state index in [4.69, 9.17) is 4.74 Å². The predicted molar refractivity (Wildman–Crippen MR) is 149 cm³/mol. The van der Waals surface area contributed by atoms with Gasteiger partial charge in [-0.15, -0.1) is 0 Å². The van der Waals surface area contributed by atoms with E-state index in [2.05, 4.69) is 21.3 Å². The lowest BCUT2D eigenvalue weighted by atomic mass is 9.90. The fourth-order valence-electron chi connectivity index (χ4n) is 4.27. The van der Waals surface area contributed by atoms with Crippen molar-refractivity contribution in [1.29, 1.82) is 0 Å². The van der Waals surface area contributed by atoms with Crippen LogP contribution in [-0.2, 0) is 23.9 Å². The summed E-state index contributed by atoms with van der Waals surface area (Å²) in [4.78, 5) is 59.1. The van der Waals surface area contributed by atoms with E-state index in [0.717, 1.165) is 62.5 Å². The van der Waals surface area contributed by atoms with Gasteiger partial charge in [0.1, 0.15) is 12.7 Å². The van der Waals surface area contributed by atoms with E-state index in [0.29, 0.717) is 43.7 Å². The molecule has 1 aromatic rings. The normalized spacial score (nSPS) is 12.9. The Morgan fingerprint density at radius 3 is 2.33 bits per heavy atom. The average Bonchev–Trinajstić information content (AvgIpc) is 2.94. The maximum absolute atomic E-state index is 12.9. The molecule has 10 nitrogen and oxygen atoms in total. The SMILES string of the molecule is CNC1=C(C(=O)c2ccc(NC(=O)CC(=O)NCCOCCCC(=O)NCCCCCC=O)cc2)CCCC1. The average molecular weight is 543 g/mol. The molecule has 1 aromatic carbocycles. The van der Waals surface area contributed by atoms with Crippen LogP contribution in [0.5, 0.6) is 0 Å². The van der Waals surface area contributed by atoms with Crippen LogP contribution < -0.4 is 21.3 Å². The van der Waals surface area contributed by atoms with Gasteiger partial charge in [-0.2, -0.15) is 0 Å². The number of hydrogen-bond donors (Lipinski definition) is 4. The molecule has 214 valence electrons. The number of allylic oxidation sites excluding steroid dienone is 2. The zero-order chi connectivity index (χ0) is 28.3. The van der Waals surface area contributed by atoms with Crippen LogP contribution in [0.4, 0.5) is 5.69 Å². The van der Waals surface area contributed by atoms with Gasteiger partial charge in [-0.25, -0.2) is 0 Å². The Balaban J connectivity index is 1.56. The number of rotatable bonds is 19. The lowest BCUT2D eigenvalue weighted by Gasteiger charge is -2.19. The van der Waals surface area contributed by atoms with Crippen LogP contribution in [0.25, 0.3) is 0 Å². The molecule has 0 atom stereocenters. The third-order valence-corrected chi connectivity index (χ3v) is 6.38. The van der Waals surface area contributed by atoms with E-state index in [-0.39, 0.29) is 31.3 Å². The number of ketones is 1. The van der Waals surface area contributed by atoms with Crippen molar-refractivity contribution in [3.05, 3.63) is 41.1 Å². The first kappa shape index (κ1) is 31.7. The Kier molecular flexibility index (Phi) is 15.2. The van der Waals surface area contributed by atoms with Crippen LogP contribution in [0.1, 0.15) is 81.0 Å². The van der Waals surface area contributed by atoms with Gasteiger partial charge in [0.15, 0.2) is 5.78 Å². The highest BCUT2D eigenvalue weighted by Crippen LogP contribution is 2.26. The molecule has 0 saturated carbocycles. The molecule has 0 unspecified atom stereocenters. The number of ether oxygens (including phenoxy) is 1. The molecule has 39 heavy (non-hydrogen) atoms. The Hall–Kier alpha value is -3.53. The number of aldehydes is 1. The summed E-state index contributed by atoms with van der Waals surface area (Å²) < 4.78 is 5.43. The van der Waals surface area contributed by atoms with E-state index in [1.165, 1.54) is 0 Å². The Labute approximate surface area is 230 Å². The summed E-state index contributed by atoms with van der Waals surface area (Å²) in [6.45, 7) is 1.56. The number of anilines is 1. The number of unbranched alkanes of at least 4 members (excludes halogenated alkanes) is 3. The maximum atomic E-state index is 12.9. The second-order valence-electron chi connectivity index (χ2n) is 9.48. The number of carbonyl (C=O) groups is 5. The first-order valence-electron chi connectivity index (χ1n) is 13.8. The summed E-state index contributed by atoms with van der Waals surface area (Å²) in [6, 6.07) is 6.70. The van der Waals surface area contributed by atoms with Gasteiger partial charge in [-0.3, -0.25) is 19.2 Å². The first-order chi connectivity index (χ1) is 18.9. The van der Waals surface area contributed by atoms with Gasteiger partial charge in [-0.05, 0) is 69.2 Å². The van der Waals surface area contributed by atoms with Crippen LogP contribution in [0.15, 0.2) is 35.5 Å². The van der Waals surface area contributed by atoms with E-state index < -0.39 is 11.8 Å². The van der Waals surface area contributed by atoms with Gasteiger partial charge in [0.05, 0.1) is 6.61 Å². The predicted octanol–water partition coefficient (Wildman–Crippen LogP) is 3.03. The summed E-state index contributed by atoms with van der Waals surface area (Å²) in [5, 5.41) is 11.3. The molecule has 3 amide bonds. The summed E-state index contributed by atoms with van der Waals surface area (Å²) in [7, 11) is 1.84. The molecule has 1 aliphatic carbocycles. The third kappa shape index (κ3) is 12.7. The molecular formula is C29H42N4O6. The van der Waals surface area contributed by atoms with Gasteiger partial charge in [-0.1, -0.05) is 6.42 Å². The van der Waals surface area contributed by atoms with E-state index in [1.807, 2.05) is 7.05 Å². The van der Waals surface area contributed by atoms with Crippen LogP contribution in [-0.4, -0.2) is 63.1 Å². The summed E-state index contributed by atoms with van der Waals surface area (Å²) in [6.07, 6.45) is 8.43. The molecule has 0 fully saturated rings. The number of hydrogen-bond acceptors (Lipinski definition) is 7. The summed E-state index contributed by atoms with van der Waals surface area (Å²) >= 11 is 0. The Morgan fingerprint density at radius 1 is 0.846 bits per heavy atom. The fourth-order valence-corrected chi connectivity index (χ4v) is 4.27. The molecule has 0 spiro atoms. The molecule has 0 bridgehead atoms. The van der Waals surface area contributed by atoms with Gasteiger partial charge >= 0.3 is 0 Å². The molecule has 0 saturated heterocycles. The highest BCUT2D eigenvalue weighted by molar-refractivity contribution is 6.09. The highest BCUT2D eigenvalue weighted by Gasteiger charge is 2.20. The molecule has 0 radical (unpaired) electrons. The van der Waals surface area contributed by atoms with Crippen molar-refractivity contribution in [2.24, 2.45) is 0 Å². The molecule has 0 heterocycles. The number of benzene rings is 1. The van der Waals surface area contributed by atoms with Crippen molar-refractivity contribution in [2.75, 3.05) is 38.7 Å². The third-order valence-electron chi connectivity index (χ3n) is 6.38. The second-order valence-corrected chi connectivity index (χ2v) is 9.48. The molecule has 10 heteroatoms. The van der Waals surface area contributed by atoms with Gasteiger partial charge in [0.2, 0.25) is 17.7 Å². The van der Waals surface area contributed by atoms with Crippen molar-refractivity contribution in [3.63, 3.8) is 0 Å². The van der Waals surface area contributed by atoms with Crippen LogP contribution in [0.3, 0.4) is 0 Å². The molecule has 2 rings (SSSR count). The van der Waals surface area contributed by atoms with Crippen LogP contribution in [0.2, 0.25) is 0 Å². The Morgan fingerprint density at radius 2 is 1.59 bits per heavy atom. The van der Waals surface area contributed by atoms with E-state index in [9.17, 15) is 24.0 Å². The van der Waals surface area contributed by atoms with Crippen molar-refractivity contribution in [3.8, 4) is 0 Å². The van der Waals surface area contributed by atoms with Crippen molar-refractivity contribution in [1.82, 2.24) is 16.0 Å². The quantitative estimate of drug-likeness (QED) is 0.0911. The number of nitrogens with one attached hydrogen (secondary N) is 4. The van der Waals surface area contributed by atoms with Gasteiger partial charge < -0.3 is 30.8 Å². The topological polar surface area (TPSA) is 143 Å². The maximum Gasteiger partial charge on any atom is 0.233 e. The van der Waals surface area contributed by atoms with Gasteiger partial charge in [0.25, 0.3) is 0 Å². The molecular weight excluding hydrogens is 500 g/mol. The van der Waals surface area contributed by atoms with Crippen LogP contribution >= 0.6 is 0 Å². The van der Waals surface area contributed by atoms with Crippen molar-refractivity contribution in [2.45, 2.75) is 70.6 Å². The zero-order valence-corrected chi connectivity index (χ0v) is 22.9.